The summed E-state index contributed by atoms with van der Waals surface area (Å²) in [6.07, 6.45) is 0.592. The molecule has 2 rings (SSSR count). The number of rotatable bonds is 4. The fraction of sp³-hybridized carbons (Fsp3) is 0.632. The maximum Gasteiger partial charge on any atom is 0.223 e. The first-order valence-corrected chi connectivity index (χ1v) is 8.47. The molecule has 1 aliphatic heterocycles. The molecule has 0 radical (unpaired) electrons. The molecule has 1 aliphatic rings. The molecule has 1 saturated heterocycles. The lowest BCUT2D eigenvalue weighted by Gasteiger charge is -2.38. The van der Waals surface area contributed by atoms with E-state index in [1.807, 2.05) is 23.1 Å². The number of benzene rings is 1. The fourth-order valence-corrected chi connectivity index (χ4v) is 2.91. The number of para-hydroxylation sites is 1. The molecule has 1 fully saturated rings. The van der Waals surface area contributed by atoms with Crippen molar-refractivity contribution in [2.24, 2.45) is 11.3 Å². The summed E-state index contributed by atoms with van der Waals surface area (Å²) in [4.78, 5) is 14.9. The van der Waals surface area contributed by atoms with Gasteiger partial charge >= 0.3 is 0 Å². The van der Waals surface area contributed by atoms with E-state index in [2.05, 4.69) is 39.1 Å². The second-order valence-electron chi connectivity index (χ2n) is 7.52. The normalized spacial score (nSPS) is 19.4. The van der Waals surface area contributed by atoms with Crippen LogP contribution in [0.15, 0.2) is 24.3 Å². The minimum absolute atomic E-state index is 0. The van der Waals surface area contributed by atoms with E-state index in [4.69, 9.17) is 4.74 Å². The van der Waals surface area contributed by atoms with Crippen LogP contribution in [0.5, 0.6) is 5.75 Å². The summed E-state index contributed by atoms with van der Waals surface area (Å²) in [6.45, 7) is 11.1. The number of carbonyl (C=O) groups is 1. The highest BCUT2D eigenvalue weighted by atomic mass is 35.5. The van der Waals surface area contributed by atoms with Crippen LogP contribution in [0.1, 0.15) is 45.7 Å². The Balaban J connectivity index is 0.00000288. The van der Waals surface area contributed by atoms with E-state index in [1.54, 1.807) is 7.11 Å². The van der Waals surface area contributed by atoms with Crippen molar-refractivity contribution in [2.45, 2.75) is 40.2 Å². The van der Waals surface area contributed by atoms with Crippen molar-refractivity contribution < 1.29 is 9.53 Å². The van der Waals surface area contributed by atoms with Gasteiger partial charge in [-0.3, -0.25) is 4.79 Å². The first-order chi connectivity index (χ1) is 10.8. The Kier molecular flexibility index (Phi) is 7.56. The average Bonchev–Trinajstić information content (AvgIpc) is 2.53. The first kappa shape index (κ1) is 20.8. The second kappa shape index (κ2) is 8.72. The van der Waals surface area contributed by atoms with Gasteiger partial charge < -0.3 is 15.0 Å². The van der Waals surface area contributed by atoms with Gasteiger partial charge in [0, 0.05) is 31.6 Å². The van der Waals surface area contributed by atoms with Crippen molar-refractivity contribution in [2.75, 3.05) is 26.7 Å². The molecular weight excluding hydrogens is 324 g/mol. The van der Waals surface area contributed by atoms with E-state index in [9.17, 15) is 4.79 Å². The van der Waals surface area contributed by atoms with Crippen LogP contribution in [-0.2, 0) is 4.79 Å². The van der Waals surface area contributed by atoms with Crippen LogP contribution < -0.4 is 10.1 Å². The van der Waals surface area contributed by atoms with Gasteiger partial charge in [0.2, 0.25) is 5.91 Å². The summed E-state index contributed by atoms with van der Waals surface area (Å²) < 4.78 is 5.50. The van der Waals surface area contributed by atoms with Gasteiger partial charge in [-0.15, -0.1) is 12.4 Å². The van der Waals surface area contributed by atoms with Crippen molar-refractivity contribution in [3.63, 3.8) is 0 Å². The van der Waals surface area contributed by atoms with Crippen LogP contribution in [-0.4, -0.2) is 37.6 Å². The molecule has 1 aromatic rings. The van der Waals surface area contributed by atoms with Gasteiger partial charge in [-0.1, -0.05) is 45.9 Å². The molecule has 0 spiro atoms. The quantitative estimate of drug-likeness (QED) is 0.897. The van der Waals surface area contributed by atoms with Gasteiger partial charge in [-0.05, 0) is 17.4 Å². The zero-order valence-corrected chi connectivity index (χ0v) is 16.3. The maximum absolute atomic E-state index is 12.9. The second-order valence-corrected chi connectivity index (χ2v) is 7.52. The lowest BCUT2D eigenvalue weighted by atomic mass is 9.80. The monoisotopic (exact) mass is 354 g/mol. The number of amides is 1. The summed E-state index contributed by atoms with van der Waals surface area (Å²) in [7, 11) is 1.68. The van der Waals surface area contributed by atoms with Crippen molar-refractivity contribution in [3.8, 4) is 5.75 Å². The van der Waals surface area contributed by atoms with Gasteiger partial charge in [0.25, 0.3) is 0 Å². The largest absolute Gasteiger partial charge is 0.496 e. The van der Waals surface area contributed by atoms with Crippen molar-refractivity contribution in [1.29, 1.82) is 0 Å². The standard InChI is InChI=1S/C19H30N2O2.ClH/c1-14(19(2,3)4)12-18(22)21-11-10-20-13-16(21)15-8-6-7-9-17(15)23-5;/h6-9,14,16,20H,10-13H2,1-5H3;1H. The highest BCUT2D eigenvalue weighted by molar-refractivity contribution is 5.85. The van der Waals surface area contributed by atoms with E-state index in [0.717, 1.165) is 30.9 Å². The molecule has 2 unspecified atom stereocenters. The zero-order chi connectivity index (χ0) is 17.0. The molecule has 0 aliphatic carbocycles. The van der Waals surface area contributed by atoms with Gasteiger partial charge in [0.15, 0.2) is 0 Å². The molecule has 5 heteroatoms. The number of ether oxygens (including phenoxy) is 1. The Bertz CT molecular complexity index is 542. The Morgan fingerprint density at radius 2 is 2.04 bits per heavy atom. The van der Waals surface area contributed by atoms with Gasteiger partial charge in [-0.25, -0.2) is 0 Å². The molecule has 1 aromatic carbocycles. The van der Waals surface area contributed by atoms with Gasteiger partial charge in [0.05, 0.1) is 13.2 Å². The fourth-order valence-electron chi connectivity index (χ4n) is 2.91. The highest BCUT2D eigenvalue weighted by Crippen LogP contribution is 2.33. The number of halogens is 1. The SMILES string of the molecule is COc1ccccc1C1CNCCN1C(=O)CC(C)C(C)(C)C.Cl. The van der Waals surface area contributed by atoms with Crippen molar-refractivity contribution in [3.05, 3.63) is 29.8 Å². The van der Waals surface area contributed by atoms with Gasteiger partial charge in [0.1, 0.15) is 5.75 Å². The Labute approximate surface area is 152 Å². The molecule has 0 bridgehead atoms. The van der Waals surface area contributed by atoms with E-state index in [-0.39, 0.29) is 29.8 Å². The van der Waals surface area contributed by atoms with Crippen LogP contribution in [0, 0.1) is 11.3 Å². The van der Waals surface area contributed by atoms with E-state index < -0.39 is 0 Å². The number of piperazine rings is 1. The maximum atomic E-state index is 12.9. The smallest absolute Gasteiger partial charge is 0.223 e. The van der Waals surface area contributed by atoms with Crippen LogP contribution in [0.25, 0.3) is 0 Å². The molecule has 136 valence electrons. The highest BCUT2D eigenvalue weighted by Gasteiger charge is 2.32. The van der Waals surface area contributed by atoms with Crippen LogP contribution in [0.3, 0.4) is 0 Å². The molecule has 1 heterocycles. The average molecular weight is 355 g/mol. The molecule has 24 heavy (non-hydrogen) atoms. The predicted molar refractivity (Wildman–Crippen MR) is 101 cm³/mol. The molecular formula is C19H31ClN2O2. The van der Waals surface area contributed by atoms with Crippen LogP contribution in [0.4, 0.5) is 0 Å². The predicted octanol–water partition coefficient (Wildman–Crippen LogP) is 3.66. The van der Waals surface area contributed by atoms with Gasteiger partial charge in [-0.2, -0.15) is 0 Å². The summed E-state index contributed by atoms with van der Waals surface area (Å²) in [6, 6.07) is 8.03. The third-order valence-corrected chi connectivity index (χ3v) is 5.02. The summed E-state index contributed by atoms with van der Waals surface area (Å²) >= 11 is 0. The minimum Gasteiger partial charge on any atom is -0.496 e. The summed E-state index contributed by atoms with van der Waals surface area (Å²) in [5.74, 6) is 1.44. The number of hydrogen-bond acceptors (Lipinski definition) is 3. The Hall–Kier alpha value is -1.26. The van der Waals surface area contributed by atoms with Crippen molar-refractivity contribution in [1.82, 2.24) is 10.2 Å². The summed E-state index contributed by atoms with van der Waals surface area (Å²) in [5, 5.41) is 3.40. The Morgan fingerprint density at radius 3 is 2.67 bits per heavy atom. The van der Waals surface area contributed by atoms with E-state index in [1.165, 1.54) is 0 Å². The number of nitrogens with one attached hydrogen (secondary N) is 1. The molecule has 0 aromatic heterocycles. The topological polar surface area (TPSA) is 41.6 Å². The molecule has 0 saturated carbocycles. The minimum atomic E-state index is 0. The molecule has 4 nitrogen and oxygen atoms in total. The number of methoxy groups -OCH3 is 1. The van der Waals surface area contributed by atoms with E-state index >= 15 is 0 Å². The van der Waals surface area contributed by atoms with Crippen LogP contribution >= 0.6 is 12.4 Å². The number of carbonyl (C=O) groups excluding carboxylic acids is 1. The molecule has 1 N–H and O–H groups in total. The number of hydrogen-bond donors (Lipinski definition) is 1. The lowest BCUT2D eigenvalue weighted by Crippen LogP contribution is -2.49. The zero-order valence-electron chi connectivity index (χ0n) is 15.5. The number of nitrogens with zero attached hydrogens (tertiary/aromatic N) is 1. The first-order valence-electron chi connectivity index (χ1n) is 8.47. The molecule has 2 atom stereocenters. The lowest BCUT2D eigenvalue weighted by molar-refractivity contribution is -0.136. The van der Waals surface area contributed by atoms with Crippen LogP contribution in [0.2, 0.25) is 0 Å². The van der Waals surface area contributed by atoms with Crippen molar-refractivity contribution >= 4 is 18.3 Å². The summed E-state index contributed by atoms with van der Waals surface area (Å²) in [5.41, 5.74) is 1.22. The Morgan fingerprint density at radius 1 is 1.38 bits per heavy atom. The van der Waals surface area contributed by atoms with E-state index in [0.29, 0.717) is 12.3 Å². The molecule has 1 amide bonds. The third kappa shape index (κ3) is 4.87. The third-order valence-electron chi connectivity index (χ3n) is 5.02.